The van der Waals surface area contributed by atoms with Crippen LogP contribution in [0.15, 0.2) is 48.5 Å². The minimum absolute atomic E-state index is 0.141. The summed E-state index contributed by atoms with van der Waals surface area (Å²) in [5, 5.41) is 0. The summed E-state index contributed by atoms with van der Waals surface area (Å²) in [6.45, 7) is 3.36. The zero-order valence-electron chi connectivity index (χ0n) is 15.5. The molecule has 0 aliphatic heterocycles. The van der Waals surface area contributed by atoms with Crippen molar-refractivity contribution in [1.82, 2.24) is 4.90 Å². The van der Waals surface area contributed by atoms with Gasteiger partial charge < -0.3 is 14.4 Å². The van der Waals surface area contributed by atoms with Crippen molar-refractivity contribution in [3.8, 4) is 11.5 Å². The molecule has 0 heterocycles. The number of rotatable bonds is 9. The van der Waals surface area contributed by atoms with E-state index in [9.17, 15) is 4.79 Å². The number of hydrogen-bond acceptors (Lipinski definition) is 4. The Morgan fingerprint density at radius 3 is 2.32 bits per heavy atom. The fraction of sp³-hybridized carbons (Fsp3) is 0.381. The number of carbonyl (C=O) groups excluding carboxylic acids is 1. The number of methoxy groups -OCH3 is 2. The number of hydrogen-bond donors (Lipinski definition) is 0. The maximum absolute atomic E-state index is 12.2. The molecule has 0 saturated carbocycles. The molecular weight excluding hydrogens is 314 g/mol. The van der Waals surface area contributed by atoms with Crippen LogP contribution < -0.4 is 9.47 Å². The summed E-state index contributed by atoms with van der Waals surface area (Å²) in [5.41, 5.74) is 2.24. The second kappa shape index (κ2) is 9.23. The van der Waals surface area contributed by atoms with Gasteiger partial charge in [0.05, 0.1) is 14.2 Å². The Kier molecular flexibility index (Phi) is 7.02. The van der Waals surface area contributed by atoms with E-state index in [2.05, 4.69) is 24.1 Å². The molecule has 0 aliphatic carbocycles. The van der Waals surface area contributed by atoms with Crippen LogP contribution in [0.25, 0.3) is 0 Å². The number of carbonyl (C=O) groups is 1. The van der Waals surface area contributed by atoms with Gasteiger partial charge in [-0.15, -0.1) is 0 Å². The lowest BCUT2D eigenvalue weighted by molar-refractivity contribution is -0.118. The smallest absolute Gasteiger partial charge is 0.161 e. The van der Waals surface area contributed by atoms with E-state index < -0.39 is 0 Å². The molecule has 0 aromatic heterocycles. The molecule has 0 fully saturated rings. The molecule has 2 aromatic carbocycles. The predicted molar refractivity (Wildman–Crippen MR) is 100 cm³/mol. The molecule has 2 rings (SSSR count). The third kappa shape index (κ3) is 5.33. The normalized spacial score (nSPS) is 12.0. The minimum atomic E-state index is -0.141. The van der Waals surface area contributed by atoms with Crippen molar-refractivity contribution in [2.45, 2.75) is 25.8 Å². The van der Waals surface area contributed by atoms with Crippen molar-refractivity contribution in [1.29, 1.82) is 0 Å². The second-order valence-corrected chi connectivity index (χ2v) is 6.29. The molecule has 1 atom stereocenters. The first-order chi connectivity index (χ1) is 12.0. The summed E-state index contributed by atoms with van der Waals surface area (Å²) < 4.78 is 10.6. The highest BCUT2D eigenvalue weighted by Gasteiger charge is 2.19. The molecule has 0 saturated heterocycles. The van der Waals surface area contributed by atoms with Gasteiger partial charge in [0, 0.05) is 12.5 Å². The highest BCUT2D eigenvalue weighted by atomic mass is 16.5. The van der Waals surface area contributed by atoms with Gasteiger partial charge in [-0.1, -0.05) is 36.4 Å². The van der Waals surface area contributed by atoms with E-state index in [1.54, 1.807) is 21.1 Å². The maximum atomic E-state index is 12.2. The van der Waals surface area contributed by atoms with Crippen LogP contribution in [-0.2, 0) is 11.3 Å². The van der Waals surface area contributed by atoms with Gasteiger partial charge in [-0.2, -0.15) is 0 Å². The quantitative estimate of drug-likeness (QED) is 0.693. The molecule has 1 unspecified atom stereocenters. The fourth-order valence-electron chi connectivity index (χ4n) is 3.00. The number of ketones is 1. The summed E-state index contributed by atoms with van der Waals surface area (Å²) in [5.74, 6) is 1.36. The van der Waals surface area contributed by atoms with Crippen LogP contribution in [0.5, 0.6) is 11.5 Å². The summed E-state index contributed by atoms with van der Waals surface area (Å²) in [6, 6.07) is 16.1. The Labute approximate surface area is 150 Å². The van der Waals surface area contributed by atoms with Gasteiger partial charge in [0.1, 0.15) is 5.78 Å². The highest BCUT2D eigenvalue weighted by molar-refractivity contribution is 5.83. The van der Waals surface area contributed by atoms with Crippen molar-refractivity contribution in [3.63, 3.8) is 0 Å². The lowest BCUT2D eigenvalue weighted by Crippen LogP contribution is -2.23. The number of Topliss-reactive ketones (excluding diaryl/α,β-unsaturated/α-hetero) is 1. The topological polar surface area (TPSA) is 38.8 Å². The molecule has 134 valence electrons. The third-order valence-electron chi connectivity index (χ3n) is 4.40. The number of ether oxygens (including phenoxy) is 2. The number of nitrogens with zero attached hydrogens (tertiary/aromatic N) is 1. The van der Waals surface area contributed by atoms with Crippen molar-refractivity contribution in [2.24, 2.45) is 0 Å². The lowest BCUT2D eigenvalue weighted by Gasteiger charge is -2.21. The van der Waals surface area contributed by atoms with Crippen molar-refractivity contribution in [2.75, 3.05) is 27.8 Å². The van der Waals surface area contributed by atoms with E-state index in [0.29, 0.717) is 11.5 Å². The zero-order valence-corrected chi connectivity index (χ0v) is 15.5. The Balaban J connectivity index is 2.04. The minimum Gasteiger partial charge on any atom is -0.493 e. The second-order valence-electron chi connectivity index (χ2n) is 6.29. The average molecular weight is 341 g/mol. The molecule has 2 aromatic rings. The van der Waals surface area contributed by atoms with Crippen LogP contribution in [0, 0.1) is 0 Å². The third-order valence-corrected chi connectivity index (χ3v) is 4.40. The maximum Gasteiger partial charge on any atom is 0.161 e. The van der Waals surface area contributed by atoms with Gasteiger partial charge in [0.25, 0.3) is 0 Å². The molecule has 4 nitrogen and oxygen atoms in total. The van der Waals surface area contributed by atoms with Crippen LogP contribution in [0.1, 0.15) is 30.4 Å². The average Bonchev–Trinajstić information content (AvgIpc) is 2.62. The van der Waals surface area contributed by atoms with Crippen LogP contribution in [0.4, 0.5) is 0 Å². The Morgan fingerprint density at radius 2 is 1.72 bits per heavy atom. The lowest BCUT2D eigenvalue weighted by atomic mass is 9.91. The molecule has 0 N–H and O–H groups in total. The summed E-state index contributed by atoms with van der Waals surface area (Å²) in [7, 11) is 5.30. The SMILES string of the molecule is COc1ccc(C(CCN(C)Cc2ccccc2)C(C)=O)cc1OC. The van der Waals surface area contributed by atoms with E-state index in [1.807, 2.05) is 36.4 Å². The fourth-order valence-corrected chi connectivity index (χ4v) is 3.00. The molecule has 0 radical (unpaired) electrons. The van der Waals surface area contributed by atoms with Crippen LogP contribution in [0.3, 0.4) is 0 Å². The van der Waals surface area contributed by atoms with Gasteiger partial charge in [-0.25, -0.2) is 0 Å². The molecular formula is C21H27NO3. The number of benzene rings is 2. The molecule has 4 heteroatoms. The first kappa shape index (κ1) is 19.0. The van der Waals surface area contributed by atoms with Crippen molar-refractivity contribution in [3.05, 3.63) is 59.7 Å². The van der Waals surface area contributed by atoms with E-state index in [-0.39, 0.29) is 11.7 Å². The Bertz CT molecular complexity index is 685. The molecule has 25 heavy (non-hydrogen) atoms. The van der Waals surface area contributed by atoms with Gasteiger partial charge in [-0.05, 0) is 50.2 Å². The summed E-state index contributed by atoms with van der Waals surface area (Å²) in [6.07, 6.45) is 0.772. The zero-order chi connectivity index (χ0) is 18.2. The summed E-state index contributed by atoms with van der Waals surface area (Å²) in [4.78, 5) is 14.4. The van der Waals surface area contributed by atoms with Crippen LogP contribution in [-0.4, -0.2) is 38.5 Å². The van der Waals surface area contributed by atoms with E-state index in [1.165, 1.54) is 5.56 Å². The van der Waals surface area contributed by atoms with Crippen molar-refractivity contribution >= 4 is 5.78 Å². The van der Waals surface area contributed by atoms with Crippen LogP contribution >= 0.6 is 0 Å². The van der Waals surface area contributed by atoms with Crippen molar-refractivity contribution < 1.29 is 14.3 Å². The molecule has 0 spiro atoms. The van der Waals surface area contributed by atoms with Gasteiger partial charge in [0.2, 0.25) is 0 Å². The molecule has 0 aliphatic rings. The van der Waals surface area contributed by atoms with E-state index >= 15 is 0 Å². The van der Waals surface area contributed by atoms with E-state index in [0.717, 1.165) is 25.1 Å². The van der Waals surface area contributed by atoms with Gasteiger partial charge >= 0.3 is 0 Å². The predicted octanol–water partition coefficient (Wildman–Crippen LogP) is 3.90. The van der Waals surface area contributed by atoms with Gasteiger partial charge in [0.15, 0.2) is 11.5 Å². The summed E-state index contributed by atoms with van der Waals surface area (Å²) >= 11 is 0. The highest BCUT2D eigenvalue weighted by Crippen LogP contribution is 2.32. The largest absolute Gasteiger partial charge is 0.493 e. The first-order valence-corrected chi connectivity index (χ1v) is 8.50. The van der Waals surface area contributed by atoms with Gasteiger partial charge in [-0.3, -0.25) is 4.79 Å². The standard InChI is InChI=1S/C21H27NO3/c1-16(23)19(18-10-11-20(24-3)21(14-18)25-4)12-13-22(2)15-17-8-6-5-7-9-17/h5-11,14,19H,12-13,15H2,1-4H3. The van der Waals surface area contributed by atoms with Crippen LogP contribution in [0.2, 0.25) is 0 Å². The monoisotopic (exact) mass is 341 g/mol. The first-order valence-electron chi connectivity index (χ1n) is 8.50. The molecule has 0 bridgehead atoms. The van der Waals surface area contributed by atoms with E-state index in [4.69, 9.17) is 9.47 Å². The Morgan fingerprint density at radius 1 is 1.04 bits per heavy atom. The Hall–Kier alpha value is -2.33. The molecule has 0 amide bonds.